The van der Waals surface area contributed by atoms with Crippen molar-refractivity contribution in [3.63, 3.8) is 0 Å². The molecule has 11 heavy (non-hydrogen) atoms. The molecule has 2 aliphatic carbocycles. The van der Waals surface area contributed by atoms with Crippen LogP contribution in [0.25, 0.3) is 0 Å². The molecule has 0 aromatic carbocycles. The summed E-state index contributed by atoms with van der Waals surface area (Å²) in [4.78, 5) is 0. The van der Waals surface area contributed by atoms with Crippen LogP contribution in [0.3, 0.4) is 0 Å². The zero-order valence-electron chi connectivity index (χ0n) is 7.26. The van der Waals surface area contributed by atoms with Crippen LogP contribution in [0.4, 0.5) is 0 Å². The van der Waals surface area contributed by atoms with E-state index in [1.165, 1.54) is 44.9 Å². The molecule has 0 amide bonds. The second kappa shape index (κ2) is 3.14. The van der Waals surface area contributed by atoms with Crippen LogP contribution >= 0.6 is 0 Å². The van der Waals surface area contributed by atoms with Gasteiger partial charge in [-0.15, -0.1) is 0 Å². The molecule has 64 valence electrons. The molecule has 0 saturated heterocycles. The largest absolute Gasteiger partial charge is 0.327 e. The van der Waals surface area contributed by atoms with Crippen molar-refractivity contribution in [2.24, 2.45) is 17.6 Å². The number of rotatable bonds is 1. The molecule has 0 aromatic heterocycles. The fraction of sp³-hybridized carbons (Fsp3) is 1.00. The van der Waals surface area contributed by atoms with Crippen LogP contribution in [0.15, 0.2) is 0 Å². The van der Waals surface area contributed by atoms with Gasteiger partial charge in [0.05, 0.1) is 0 Å². The zero-order valence-corrected chi connectivity index (χ0v) is 7.26. The van der Waals surface area contributed by atoms with Crippen molar-refractivity contribution < 1.29 is 0 Å². The maximum atomic E-state index is 6.06. The molecule has 0 spiro atoms. The smallest absolute Gasteiger partial charge is 0.00698 e. The lowest BCUT2D eigenvalue weighted by Gasteiger charge is -2.21. The lowest BCUT2D eigenvalue weighted by atomic mass is 9.87. The van der Waals surface area contributed by atoms with Crippen LogP contribution in [0.2, 0.25) is 0 Å². The van der Waals surface area contributed by atoms with Gasteiger partial charge in [0, 0.05) is 6.04 Å². The van der Waals surface area contributed by atoms with E-state index < -0.39 is 0 Å². The van der Waals surface area contributed by atoms with Gasteiger partial charge in [0.2, 0.25) is 0 Å². The van der Waals surface area contributed by atoms with Gasteiger partial charge < -0.3 is 5.73 Å². The topological polar surface area (TPSA) is 26.0 Å². The van der Waals surface area contributed by atoms with Crippen molar-refractivity contribution in [3.05, 3.63) is 0 Å². The zero-order chi connectivity index (χ0) is 7.68. The first-order chi connectivity index (χ1) is 5.38. The van der Waals surface area contributed by atoms with E-state index in [1.54, 1.807) is 0 Å². The Labute approximate surface area is 69.4 Å². The monoisotopic (exact) mass is 153 g/mol. The quantitative estimate of drug-likeness (QED) is 0.614. The van der Waals surface area contributed by atoms with E-state index in [0.717, 1.165) is 11.8 Å². The van der Waals surface area contributed by atoms with E-state index in [9.17, 15) is 0 Å². The molecule has 0 aliphatic heterocycles. The third-order valence-corrected chi connectivity index (χ3v) is 3.63. The fourth-order valence-corrected chi connectivity index (χ4v) is 2.99. The summed E-state index contributed by atoms with van der Waals surface area (Å²) < 4.78 is 0. The Morgan fingerprint density at radius 3 is 2.09 bits per heavy atom. The van der Waals surface area contributed by atoms with Gasteiger partial charge in [0.15, 0.2) is 0 Å². The van der Waals surface area contributed by atoms with Gasteiger partial charge in [0.25, 0.3) is 0 Å². The summed E-state index contributed by atoms with van der Waals surface area (Å²) in [5.74, 6) is 1.91. The molecule has 2 rings (SSSR count). The molecule has 2 saturated carbocycles. The number of hydrogen-bond acceptors (Lipinski definition) is 1. The van der Waals surface area contributed by atoms with Crippen molar-refractivity contribution in [2.75, 3.05) is 0 Å². The Balaban J connectivity index is 1.92. The van der Waals surface area contributed by atoms with Crippen molar-refractivity contribution in [2.45, 2.75) is 51.0 Å². The Bertz CT molecular complexity index is 127. The molecule has 0 heterocycles. The normalized spacial score (nSPS) is 40.1. The molecule has 0 unspecified atom stereocenters. The summed E-state index contributed by atoms with van der Waals surface area (Å²) in [6, 6.07) is 0.554. The van der Waals surface area contributed by atoms with E-state index in [-0.39, 0.29) is 0 Å². The summed E-state index contributed by atoms with van der Waals surface area (Å²) in [6.45, 7) is 0. The molecule has 1 nitrogen and oxygen atoms in total. The second-order valence-corrected chi connectivity index (χ2v) is 4.30. The summed E-state index contributed by atoms with van der Waals surface area (Å²) in [5.41, 5.74) is 6.06. The minimum Gasteiger partial charge on any atom is -0.327 e. The molecule has 2 atom stereocenters. The molecule has 2 aliphatic rings. The van der Waals surface area contributed by atoms with E-state index in [0.29, 0.717) is 6.04 Å². The maximum Gasteiger partial charge on any atom is 0.00698 e. The van der Waals surface area contributed by atoms with Gasteiger partial charge in [-0.25, -0.2) is 0 Å². The predicted molar refractivity (Wildman–Crippen MR) is 47.3 cm³/mol. The molecule has 2 fully saturated rings. The third kappa shape index (κ3) is 1.44. The van der Waals surface area contributed by atoms with Crippen molar-refractivity contribution in [1.82, 2.24) is 0 Å². The Morgan fingerprint density at radius 1 is 0.818 bits per heavy atom. The van der Waals surface area contributed by atoms with E-state index >= 15 is 0 Å². The van der Waals surface area contributed by atoms with E-state index in [2.05, 4.69) is 0 Å². The van der Waals surface area contributed by atoms with Crippen LogP contribution in [0.5, 0.6) is 0 Å². The maximum absolute atomic E-state index is 6.06. The standard InChI is InChI=1S/C10H19N/c11-10-7-3-6-9(10)8-4-1-2-5-8/h8-10H,1-7,11H2/t9-,10-/m0/s1. The molecule has 0 aromatic rings. The first kappa shape index (κ1) is 7.60. The van der Waals surface area contributed by atoms with Crippen molar-refractivity contribution in [1.29, 1.82) is 0 Å². The number of hydrogen-bond donors (Lipinski definition) is 1. The van der Waals surface area contributed by atoms with Crippen LogP contribution in [-0.4, -0.2) is 6.04 Å². The van der Waals surface area contributed by atoms with E-state index in [4.69, 9.17) is 5.73 Å². The SMILES string of the molecule is N[C@H]1CCC[C@H]1C1CCCC1. The highest BCUT2D eigenvalue weighted by Crippen LogP contribution is 2.39. The molecule has 2 N–H and O–H groups in total. The van der Waals surface area contributed by atoms with Gasteiger partial charge >= 0.3 is 0 Å². The van der Waals surface area contributed by atoms with Gasteiger partial charge in [-0.3, -0.25) is 0 Å². The summed E-state index contributed by atoms with van der Waals surface area (Å²) in [6.07, 6.45) is 9.98. The number of nitrogens with two attached hydrogens (primary N) is 1. The summed E-state index contributed by atoms with van der Waals surface area (Å²) >= 11 is 0. The Kier molecular flexibility index (Phi) is 2.17. The lowest BCUT2D eigenvalue weighted by molar-refractivity contribution is 0.316. The predicted octanol–water partition coefficient (Wildman–Crippen LogP) is 2.30. The highest BCUT2D eigenvalue weighted by atomic mass is 14.7. The van der Waals surface area contributed by atoms with Gasteiger partial charge in [-0.1, -0.05) is 32.1 Å². The summed E-state index contributed by atoms with van der Waals surface area (Å²) in [7, 11) is 0. The molecule has 1 heteroatoms. The van der Waals surface area contributed by atoms with Crippen LogP contribution in [0, 0.1) is 11.8 Å². The van der Waals surface area contributed by atoms with Gasteiger partial charge in [-0.2, -0.15) is 0 Å². The Hall–Kier alpha value is -0.0400. The summed E-state index contributed by atoms with van der Waals surface area (Å²) in [5, 5.41) is 0. The minimum absolute atomic E-state index is 0.554. The van der Waals surface area contributed by atoms with Crippen molar-refractivity contribution >= 4 is 0 Å². The Morgan fingerprint density at radius 2 is 1.55 bits per heavy atom. The highest BCUT2D eigenvalue weighted by molar-refractivity contribution is 4.87. The minimum atomic E-state index is 0.554. The first-order valence-corrected chi connectivity index (χ1v) is 5.13. The molecular weight excluding hydrogens is 134 g/mol. The highest BCUT2D eigenvalue weighted by Gasteiger charge is 2.32. The molecular formula is C10H19N. The van der Waals surface area contributed by atoms with Crippen molar-refractivity contribution in [3.8, 4) is 0 Å². The molecule has 0 bridgehead atoms. The third-order valence-electron chi connectivity index (χ3n) is 3.63. The van der Waals surface area contributed by atoms with Crippen LogP contribution in [-0.2, 0) is 0 Å². The average molecular weight is 153 g/mol. The molecule has 0 radical (unpaired) electrons. The first-order valence-electron chi connectivity index (χ1n) is 5.13. The van der Waals surface area contributed by atoms with Crippen LogP contribution < -0.4 is 5.73 Å². The van der Waals surface area contributed by atoms with Crippen LogP contribution in [0.1, 0.15) is 44.9 Å². The van der Waals surface area contributed by atoms with Gasteiger partial charge in [0.1, 0.15) is 0 Å². The second-order valence-electron chi connectivity index (χ2n) is 4.30. The van der Waals surface area contributed by atoms with E-state index in [1.807, 2.05) is 0 Å². The average Bonchev–Trinajstić information content (AvgIpc) is 2.55. The lowest BCUT2D eigenvalue weighted by Crippen LogP contribution is -2.29. The fourth-order valence-electron chi connectivity index (χ4n) is 2.99. The van der Waals surface area contributed by atoms with Gasteiger partial charge in [-0.05, 0) is 24.7 Å².